The lowest BCUT2D eigenvalue weighted by atomic mass is 10.2. The molecule has 108 valence electrons. The van der Waals surface area contributed by atoms with Gasteiger partial charge in [0.15, 0.2) is 0 Å². The van der Waals surface area contributed by atoms with Gasteiger partial charge < -0.3 is 4.52 Å². The minimum Gasteiger partial charge on any atom is -0.361 e. The molecule has 2 aromatic rings. The van der Waals surface area contributed by atoms with Crippen molar-refractivity contribution in [2.45, 2.75) is 32.1 Å². The number of aromatic nitrogens is 1. The van der Waals surface area contributed by atoms with Crippen LogP contribution in [0, 0.1) is 20.8 Å². The highest BCUT2D eigenvalue weighted by molar-refractivity contribution is 7.89. The van der Waals surface area contributed by atoms with Crippen LogP contribution in [0.25, 0.3) is 0 Å². The van der Waals surface area contributed by atoms with Crippen LogP contribution in [0.3, 0.4) is 0 Å². The average Bonchev–Trinajstić information content (AvgIpc) is 2.78. The van der Waals surface area contributed by atoms with Crippen molar-refractivity contribution in [1.82, 2.24) is 9.88 Å². The van der Waals surface area contributed by atoms with Gasteiger partial charge in [-0.15, -0.1) is 0 Å². The lowest BCUT2D eigenvalue weighted by Crippen LogP contribution is -2.26. The van der Waals surface area contributed by atoms with Gasteiger partial charge in [-0.25, -0.2) is 13.1 Å². The summed E-state index contributed by atoms with van der Waals surface area (Å²) in [6.07, 6.45) is 0.501. The van der Waals surface area contributed by atoms with E-state index >= 15 is 0 Å². The Bertz CT molecular complexity index is 705. The second kappa shape index (κ2) is 5.76. The zero-order chi connectivity index (χ0) is 14.8. The summed E-state index contributed by atoms with van der Waals surface area (Å²) in [5.74, 6) is 0.720. The number of nitrogens with zero attached hydrogens (tertiary/aromatic N) is 1. The third-order valence-corrected chi connectivity index (χ3v) is 4.59. The summed E-state index contributed by atoms with van der Waals surface area (Å²) >= 11 is 0. The molecule has 1 aromatic heterocycles. The SMILES string of the molecule is Cc1ccc(C)c(S(=O)(=O)NCCc2cc(C)on2)c1. The molecule has 2 rings (SSSR count). The number of benzene rings is 1. The normalized spacial score (nSPS) is 11.8. The fourth-order valence-corrected chi connectivity index (χ4v) is 3.28. The van der Waals surface area contributed by atoms with Gasteiger partial charge in [-0.05, 0) is 38.0 Å². The Kier molecular flexibility index (Phi) is 4.25. The molecule has 6 heteroatoms. The van der Waals surface area contributed by atoms with Gasteiger partial charge in [0.2, 0.25) is 10.0 Å². The van der Waals surface area contributed by atoms with Crippen molar-refractivity contribution in [1.29, 1.82) is 0 Å². The Labute approximate surface area is 119 Å². The zero-order valence-corrected chi connectivity index (χ0v) is 12.6. The Hall–Kier alpha value is -1.66. The summed E-state index contributed by atoms with van der Waals surface area (Å²) in [7, 11) is -3.49. The smallest absolute Gasteiger partial charge is 0.240 e. The van der Waals surface area contributed by atoms with E-state index in [1.54, 1.807) is 26.0 Å². The van der Waals surface area contributed by atoms with Crippen LogP contribution in [0.4, 0.5) is 0 Å². The highest BCUT2D eigenvalue weighted by Crippen LogP contribution is 2.16. The first-order valence-electron chi connectivity index (χ1n) is 6.37. The van der Waals surface area contributed by atoms with Crippen LogP contribution < -0.4 is 4.72 Å². The van der Waals surface area contributed by atoms with Crippen molar-refractivity contribution in [3.8, 4) is 0 Å². The molecule has 0 bridgehead atoms. The number of hydrogen-bond acceptors (Lipinski definition) is 4. The molecule has 5 nitrogen and oxygen atoms in total. The van der Waals surface area contributed by atoms with E-state index < -0.39 is 10.0 Å². The molecule has 1 heterocycles. The summed E-state index contributed by atoms with van der Waals surface area (Å²) < 4.78 is 32.0. The summed E-state index contributed by atoms with van der Waals surface area (Å²) in [6.45, 7) is 5.75. The van der Waals surface area contributed by atoms with Gasteiger partial charge in [0.1, 0.15) is 5.76 Å². The van der Waals surface area contributed by atoms with Gasteiger partial charge in [0, 0.05) is 19.0 Å². The lowest BCUT2D eigenvalue weighted by molar-refractivity contribution is 0.390. The van der Waals surface area contributed by atoms with Gasteiger partial charge in [-0.1, -0.05) is 17.3 Å². The van der Waals surface area contributed by atoms with Gasteiger partial charge in [-0.3, -0.25) is 0 Å². The Morgan fingerprint density at radius 2 is 1.95 bits per heavy atom. The Morgan fingerprint density at radius 3 is 2.60 bits per heavy atom. The van der Waals surface area contributed by atoms with Gasteiger partial charge in [-0.2, -0.15) is 0 Å². The second-order valence-electron chi connectivity index (χ2n) is 4.85. The summed E-state index contributed by atoms with van der Waals surface area (Å²) in [4.78, 5) is 0.328. The summed E-state index contributed by atoms with van der Waals surface area (Å²) in [5.41, 5.74) is 2.40. The van der Waals surface area contributed by atoms with Crippen LogP contribution in [0.1, 0.15) is 22.6 Å². The molecule has 0 aliphatic heterocycles. The minimum absolute atomic E-state index is 0.293. The van der Waals surface area contributed by atoms with Crippen molar-refractivity contribution in [3.63, 3.8) is 0 Å². The third kappa shape index (κ3) is 3.46. The van der Waals surface area contributed by atoms with E-state index in [4.69, 9.17) is 4.52 Å². The van der Waals surface area contributed by atoms with E-state index in [0.717, 1.165) is 22.6 Å². The molecule has 0 radical (unpaired) electrons. The van der Waals surface area contributed by atoms with Crippen LogP contribution in [0.5, 0.6) is 0 Å². The largest absolute Gasteiger partial charge is 0.361 e. The van der Waals surface area contributed by atoms with Gasteiger partial charge >= 0.3 is 0 Å². The van der Waals surface area contributed by atoms with Gasteiger partial charge in [0.05, 0.1) is 10.6 Å². The van der Waals surface area contributed by atoms with Crippen molar-refractivity contribution in [2.24, 2.45) is 0 Å². The molecule has 0 spiro atoms. The summed E-state index contributed by atoms with van der Waals surface area (Å²) in [6, 6.07) is 7.18. The number of nitrogens with one attached hydrogen (secondary N) is 1. The lowest BCUT2D eigenvalue weighted by Gasteiger charge is -2.09. The maximum absolute atomic E-state index is 12.2. The molecule has 0 fully saturated rings. The topological polar surface area (TPSA) is 72.2 Å². The second-order valence-corrected chi connectivity index (χ2v) is 6.58. The Balaban J connectivity index is 2.06. The van der Waals surface area contributed by atoms with Crippen molar-refractivity contribution in [3.05, 3.63) is 46.8 Å². The quantitative estimate of drug-likeness (QED) is 0.917. The van der Waals surface area contributed by atoms with Crippen LogP contribution in [0.2, 0.25) is 0 Å². The van der Waals surface area contributed by atoms with Crippen LogP contribution in [-0.4, -0.2) is 20.1 Å². The number of rotatable bonds is 5. The fraction of sp³-hybridized carbons (Fsp3) is 0.357. The van der Waals surface area contributed by atoms with E-state index in [1.165, 1.54) is 0 Å². The highest BCUT2D eigenvalue weighted by Gasteiger charge is 2.16. The predicted octanol–water partition coefficient (Wildman–Crippen LogP) is 2.12. The summed E-state index contributed by atoms with van der Waals surface area (Å²) in [5, 5.41) is 3.83. The van der Waals surface area contributed by atoms with Crippen LogP contribution in [0.15, 0.2) is 33.7 Å². The van der Waals surface area contributed by atoms with E-state index in [9.17, 15) is 8.42 Å². The first-order chi connectivity index (χ1) is 9.38. The van der Waals surface area contributed by atoms with E-state index in [-0.39, 0.29) is 0 Å². The zero-order valence-electron chi connectivity index (χ0n) is 11.8. The molecule has 20 heavy (non-hydrogen) atoms. The fourth-order valence-electron chi connectivity index (χ4n) is 1.92. The number of hydrogen-bond donors (Lipinski definition) is 1. The molecule has 0 amide bonds. The molecule has 0 aliphatic rings. The molecule has 0 saturated heterocycles. The van der Waals surface area contributed by atoms with Crippen LogP contribution >= 0.6 is 0 Å². The molecule has 1 N–H and O–H groups in total. The van der Waals surface area contributed by atoms with Crippen molar-refractivity contribution in [2.75, 3.05) is 6.54 Å². The molecule has 1 aromatic carbocycles. The number of sulfonamides is 1. The minimum atomic E-state index is -3.49. The third-order valence-electron chi connectivity index (χ3n) is 2.98. The van der Waals surface area contributed by atoms with Crippen LogP contribution in [-0.2, 0) is 16.4 Å². The highest BCUT2D eigenvalue weighted by atomic mass is 32.2. The monoisotopic (exact) mass is 294 g/mol. The van der Waals surface area contributed by atoms with Crippen molar-refractivity contribution < 1.29 is 12.9 Å². The van der Waals surface area contributed by atoms with E-state index in [1.807, 2.05) is 19.1 Å². The molecule has 0 saturated carbocycles. The standard InChI is InChI=1S/C14H18N2O3S/c1-10-4-5-11(2)14(8-10)20(17,18)15-7-6-13-9-12(3)19-16-13/h4-5,8-9,15H,6-7H2,1-3H3. The first kappa shape index (κ1) is 14.7. The molecule has 0 atom stereocenters. The van der Waals surface area contributed by atoms with E-state index in [2.05, 4.69) is 9.88 Å². The maximum atomic E-state index is 12.2. The predicted molar refractivity (Wildman–Crippen MR) is 76.0 cm³/mol. The molecule has 0 unspecified atom stereocenters. The van der Waals surface area contributed by atoms with Gasteiger partial charge in [0.25, 0.3) is 0 Å². The van der Waals surface area contributed by atoms with E-state index in [0.29, 0.717) is 17.9 Å². The molecule has 0 aliphatic carbocycles. The van der Waals surface area contributed by atoms with Crippen molar-refractivity contribution >= 4 is 10.0 Å². The number of aryl methyl sites for hydroxylation is 3. The Morgan fingerprint density at radius 1 is 1.20 bits per heavy atom. The molecular weight excluding hydrogens is 276 g/mol. The maximum Gasteiger partial charge on any atom is 0.240 e. The molecular formula is C14H18N2O3S. The average molecular weight is 294 g/mol. The first-order valence-corrected chi connectivity index (χ1v) is 7.86.